The molecule has 3 N–H and O–H groups in total. The van der Waals surface area contributed by atoms with Gasteiger partial charge in [-0.2, -0.15) is 9.36 Å². The van der Waals surface area contributed by atoms with Gasteiger partial charge in [-0.1, -0.05) is 6.07 Å². The number of nitrogens with two attached hydrogens (primary N) is 1. The monoisotopic (exact) mass is 221 g/mol. The molecule has 0 aliphatic heterocycles. The zero-order valence-electron chi connectivity index (χ0n) is 8.27. The van der Waals surface area contributed by atoms with Crippen LogP contribution in [0.1, 0.15) is 11.4 Å². The Bertz CT molecular complexity index is 453. The number of rotatable bonds is 3. The molecule has 0 fully saturated rings. The molecule has 78 valence electrons. The van der Waals surface area contributed by atoms with Gasteiger partial charge in [0.05, 0.1) is 12.2 Å². The van der Waals surface area contributed by atoms with Gasteiger partial charge in [-0.15, -0.1) is 0 Å². The molecule has 2 rings (SSSR count). The molecule has 15 heavy (non-hydrogen) atoms. The van der Waals surface area contributed by atoms with Crippen LogP contribution in [0.5, 0.6) is 0 Å². The van der Waals surface area contributed by atoms with Gasteiger partial charge in [0, 0.05) is 17.2 Å². The highest BCUT2D eigenvalue weighted by molar-refractivity contribution is 7.09. The van der Waals surface area contributed by atoms with E-state index in [1.54, 1.807) is 0 Å². The quantitative estimate of drug-likeness (QED) is 0.820. The summed E-state index contributed by atoms with van der Waals surface area (Å²) in [6, 6.07) is 5.91. The summed E-state index contributed by atoms with van der Waals surface area (Å²) >= 11 is 1.25. The Kier molecular flexibility index (Phi) is 2.77. The topological polar surface area (TPSA) is 76.7 Å². The van der Waals surface area contributed by atoms with Crippen LogP contribution in [0.2, 0.25) is 0 Å². The minimum absolute atomic E-state index is 0.305. The number of aromatic nitrogens is 3. The van der Waals surface area contributed by atoms with Gasteiger partial charge in [0.15, 0.2) is 0 Å². The summed E-state index contributed by atoms with van der Waals surface area (Å²) < 4.78 is 3.87. The molecule has 0 unspecified atom stereocenters. The summed E-state index contributed by atoms with van der Waals surface area (Å²) in [5.74, 6) is 0.305. The maximum absolute atomic E-state index is 5.40. The van der Waals surface area contributed by atoms with Crippen LogP contribution in [0.15, 0.2) is 18.2 Å². The Hall–Kier alpha value is -1.69. The van der Waals surface area contributed by atoms with Crippen molar-refractivity contribution in [1.82, 2.24) is 14.3 Å². The van der Waals surface area contributed by atoms with Crippen LogP contribution in [0.4, 0.5) is 11.1 Å². The van der Waals surface area contributed by atoms with Crippen molar-refractivity contribution in [3.05, 3.63) is 29.6 Å². The fraction of sp³-hybridized carbons (Fsp3) is 0.222. The summed E-state index contributed by atoms with van der Waals surface area (Å²) in [5, 5.41) is 3.83. The second kappa shape index (κ2) is 4.22. The lowest BCUT2D eigenvalue weighted by molar-refractivity contribution is 1.01. The van der Waals surface area contributed by atoms with E-state index in [1.807, 2.05) is 25.1 Å². The third kappa shape index (κ3) is 2.63. The van der Waals surface area contributed by atoms with Crippen molar-refractivity contribution < 1.29 is 0 Å². The summed E-state index contributed by atoms with van der Waals surface area (Å²) in [7, 11) is 0. The number of anilines is 2. The van der Waals surface area contributed by atoms with E-state index in [0.717, 1.165) is 16.5 Å². The summed E-state index contributed by atoms with van der Waals surface area (Å²) in [6.45, 7) is 2.60. The second-order valence-corrected chi connectivity index (χ2v) is 3.83. The Morgan fingerprint density at radius 2 is 2.27 bits per heavy atom. The first-order chi connectivity index (χ1) is 7.24. The molecular formula is C9H11N5S. The van der Waals surface area contributed by atoms with Gasteiger partial charge in [-0.05, 0) is 19.1 Å². The summed E-state index contributed by atoms with van der Waals surface area (Å²) in [4.78, 5) is 8.35. The lowest BCUT2D eigenvalue weighted by atomic mass is 10.3. The molecule has 0 aliphatic carbocycles. The molecule has 2 aromatic rings. The van der Waals surface area contributed by atoms with Gasteiger partial charge >= 0.3 is 0 Å². The number of aryl methyl sites for hydroxylation is 1. The van der Waals surface area contributed by atoms with E-state index in [0.29, 0.717) is 12.5 Å². The van der Waals surface area contributed by atoms with Gasteiger partial charge in [0.25, 0.3) is 0 Å². The number of nitrogen functional groups attached to an aromatic ring is 1. The fourth-order valence-electron chi connectivity index (χ4n) is 1.17. The Balaban J connectivity index is 1.99. The first-order valence-corrected chi connectivity index (χ1v) is 5.27. The number of pyridine rings is 1. The molecule has 5 nitrogen and oxygen atoms in total. The smallest absolute Gasteiger partial charge is 0.233 e. The SMILES string of the molecule is Cc1cccc(CNc2nc(N)ns2)n1. The predicted octanol–water partition coefficient (Wildman–Crippen LogP) is 1.44. The molecule has 2 aromatic heterocycles. The van der Waals surface area contributed by atoms with E-state index in [1.165, 1.54) is 11.5 Å². The van der Waals surface area contributed by atoms with Gasteiger partial charge in [-0.25, -0.2) is 0 Å². The van der Waals surface area contributed by atoms with Crippen LogP contribution < -0.4 is 11.1 Å². The highest BCUT2D eigenvalue weighted by atomic mass is 32.1. The fourth-order valence-corrected chi connectivity index (χ4v) is 1.66. The van der Waals surface area contributed by atoms with Gasteiger partial charge in [0.2, 0.25) is 11.1 Å². The molecule has 0 amide bonds. The maximum Gasteiger partial charge on any atom is 0.233 e. The van der Waals surface area contributed by atoms with Crippen molar-refractivity contribution in [2.75, 3.05) is 11.1 Å². The first-order valence-electron chi connectivity index (χ1n) is 4.49. The predicted molar refractivity (Wildman–Crippen MR) is 60.6 cm³/mol. The highest BCUT2D eigenvalue weighted by Gasteiger charge is 2.00. The normalized spacial score (nSPS) is 10.2. The van der Waals surface area contributed by atoms with Crippen LogP contribution in [0, 0.1) is 6.92 Å². The third-order valence-electron chi connectivity index (χ3n) is 1.81. The minimum Gasteiger partial charge on any atom is -0.367 e. The van der Waals surface area contributed by atoms with Crippen LogP contribution >= 0.6 is 11.5 Å². The average molecular weight is 221 g/mol. The van der Waals surface area contributed by atoms with E-state index < -0.39 is 0 Å². The third-order valence-corrected chi connectivity index (χ3v) is 2.50. The van der Waals surface area contributed by atoms with E-state index in [4.69, 9.17) is 5.73 Å². The van der Waals surface area contributed by atoms with Crippen LogP contribution in [-0.4, -0.2) is 14.3 Å². The molecule has 0 aliphatic rings. The van der Waals surface area contributed by atoms with Crippen molar-refractivity contribution in [2.24, 2.45) is 0 Å². The second-order valence-electron chi connectivity index (χ2n) is 3.08. The number of nitrogens with one attached hydrogen (secondary N) is 1. The van der Waals surface area contributed by atoms with Crippen molar-refractivity contribution >= 4 is 22.6 Å². The average Bonchev–Trinajstić information content (AvgIpc) is 2.62. The van der Waals surface area contributed by atoms with Crippen molar-refractivity contribution in [3.8, 4) is 0 Å². The zero-order chi connectivity index (χ0) is 10.7. The van der Waals surface area contributed by atoms with Crippen molar-refractivity contribution in [2.45, 2.75) is 13.5 Å². The molecule has 0 atom stereocenters. The molecule has 0 aromatic carbocycles. The van der Waals surface area contributed by atoms with Crippen molar-refractivity contribution in [3.63, 3.8) is 0 Å². The van der Waals surface area contributed by atoms with E-state index in [9.17, 15) is 0 Å². The number of hydrogen-bond acceptors (Lipinski definition) is 6. The standard InChI is InChI=1S/C9H11N5S/c1-6-3-2-4-7(12-6)5-11-9-13-8(10)14-15-9/h2-4H,5H2,1H3,(H3,10,11,13,14). The van der Waals surface area contributed by atoms with Gasteiger partial charge in [-0.3, -0.25) is 4.98 Å². The molecule has 0 saturated carbocycles. The Morgan fingerprint density at radius 1 is 1.40 bits per heavy atom. The number of nitrogens with zero attached hydrogens (tertiary/aromatic N) is 3. The molecule has 0 bridgehead atoms. The first kappa shape index (κ1) is 9.85. The zero-order valence-corrected chi connectivity index (χ0v) is 9.08. The largest absolute Gasteiger partial charge is 0.367 e. The molecule has 2 heterocycles. The maximum atomic E-state index is 5.40. The highest BCUT2D eigenvalue weighted by Crippen LogP contribution is 2.12. The van der Waals surface area contributed by atoms with Crippen LogP contribution in [-0.2, 0) is 6.54 Å². The van der Waals surface area contributed by atoms with Crippen LogP contribution in [0.3, 0.4) is 0 Å². The van der Waals surface area contributed by atoms with Crippen LogP contribution in [0.25, 0.3) is 0 Å². The number of hydrogen-bond donors (Lipinski definition) is 2. The Labute approximate surface area is 91.5 Å². The molecule has 6 heteroatoms. The van der Waals surface area contributed by atoms with Crippen molar-refractivity contribution in [1.29, 1.82) is 0 Å². The van der Waals surface area contributed by atoms with Gasteiger partial charge in [0.1, 0.15) is 0 Å². The van der Waals surface area contributed by atoms with E-state index in [-0.39, 0.29) is 0 Å². The lowest BCUT2D eigenvalue weighted by Crippen LogP contribution is -2.02. The van der Waals surface area contributed by atoms with Gasteiger partial charge < -0.3 is 11.1 Å². The van der Waals surface area contributed by atoms with E-state index in [2.05, 4.69) is 19.7 Å². The molecular weight excluding hydrogens is 210 g/mol. The molecule has 0 spiro atoms. The van der Waals surface area contributed by atoms with E-state index >= 15 is 0 Å². The summed E-state index contributed by atoms with van der Waals surface area (Å²) in [5.41, 5.74) is 7.39. The summed E-state index contributed by atoms with van der Waals surface area (Å²) in [6.07, 6.45) is 0. The molecule has 0 saturated heterocycles. The molecule has 0 radical (unpaired) electrons. The minimum atomic E-state index is 0.305. The lowest BCUT2D eigenvalue weighted by Gasteiger charge is -2.01. The Morgan fingerprint density at radius 3 is 2.93 bits per heavy atom.